The summed E-state index contributed by atoms with van der Waals surface area (Å²) in [6.07, 6.45) is 9.79. The fourth-order valence-electron chi connectivity index (χ4n) is 4.26. The van der Waals surface area contributed by atoms with E-state index >= 15 is 0 Å². The molecule has 0 aromatic rings. The summed E-state index contributed by atoms with van der Waals surface area (Å²) in [5.41, 5.74) is 0. The molecular weight excluding hydrogens is 588 g/mol. The van der Waals surface area contributed by atoms with Crippen LogP contribution in [-0.4, -0.2) is 69.3 Å². The predicted octanol–water partition coefficient (Wildman–Crippen LogP) is 10.7. The average molecular weight is 683 g/mol. The van der Waals surface area contributed by atoms with Crippen LogP contribution in [0.3, 0.4) is 0 Å². The van der Waals surface area contributed by atoms with Crippen LogP contribution in [-0.2, 0) is 4.74 Å². The zero-order chi connectivity index (χ0) is 38.5. The summed E-state index contributed by atoms with van der Waals surface area (Å²) in [5.74, 6) is 3.96. The number of hydrogen-bond donors (Lipinski definition) is 5. The molecule has 0 saturated carbocycles. The van der Waals surface area contributed by atoms with Crippen LogP contribution in [0.25, 0.3) is 0 Å². The highest BCUT2D eigenvalue weighted by molar-refractivity contribution is 4.57. The molecule has 0 aromatic heterocycles. The molecule has 0 amide bonds. The molecule has 5 atom stereocenters. The normalized spacial score (nSPS) is 14.0. The van der Waals surface area contributed by atoms with E-state index in [9.17, 15) is 5.11 Å². The summed E-state index contributed by atoms with van der Waals surface area (Å²) in [6.45, 7) is 38.6. The zero-order valence-corrected chi connectivity index (χ0v) is 35.5. The first-order valence-corrected chi connectivity index (χ1v) is 19.5. The number of hydrogen-bond acceptors (Lipinski definition) is 6. The molecule has 294 valence electrons. The van der Waals surface area contributed by atoms with Gasteiger partial charge in [0.15, 0.2) is 0 Å². The van der Waals surface area contributed by atoms with Gasteiger partial charge in [-0.15, -0.1) is 0 Å². The molecule has 0 radical (unpaired) electrons. The molecule has 6 nitrogen and oxygen atoms in total. The summed E-state index contributed by atoms with van der Waals surface area (Å²) >= 11 is 0. The van der Waals surface area contributed by atoms with Crippen LogP contribution in [0.1, 0.15) is 189 Å². The molecule has 5 N–H and O–H groups in total. The van der Waals surface area contributed by atoms with E-state index in [-0.39, 0.29) is 30.5 Å². The smallest absolute Gasteiger partial charge is 0.0776 e. The topological polar surface area (TPSA) is 110 Å². The van der Waals surface area contributed by atoms with E-state index in [0.29, 0.717) is 42.8 Å². The van der Waals surface area contributed by atoms with Gasteiger partial charge in [0.2, 0.25) is 0 Å². The summed E-state index contributed by atoms with van der Waals surface area (Å²) in [6, 6.07) is 0. The van der Waals surface area contributed by atoms with E-state index in [1.807, 2.05) is 34.6 Å². The second kappa shape index (κ2) is 43.8. The first kappa shape index (κ1) is 58.9. The molecule has 0 aliphatic heterocycles. The second-order valence-corrected chi connectivity index (χ2v) is 15.8. The largest absolute Gasteiger partial charge is 0.393 e. The average Bonchev–Trinajstić information content (AvgIpc) is 2.89. The van der Waals surface area contributed by atoms with E-state index in [2.05, 4.69) is 90.0 Å². The lowest BCUT2D eigenvalue weighted by Crippen LogP contribution is -2.17. The van der Waals surface area contributed by atoms with Gasteiger partial charge >= 0.3 is 0 Å². The van der Waals surface area contributed by atoms with Crippen LogP contribution < -0.4 is 0 Å². The van der Waals surface area contributed by atoms with Crippen LogP contribution in [0.5, 0.6) is 0 Å². The van der Waals surface area contributed by atoms with Crippen molar-refractivity contribution in [2.75, 3.05) is 13.2 Å². The molecule has 0 rings (SSSR count). The Balaban J connectivity index is -0.000000108. The Kier molecular flexibility index (Phi) is 54.9. The van der Waals surface area contributed by atoms with Crippen LogP contribution in [0.2, 0.25) is 0 Å². The molecule has 0 spiro atoms. The summed E-state index contributed by atoms with van der Waals surface area (Å²) < 4.78 is 5.05. The van der Waals surface area contributed by atoms with Gasteiger partial charge in [-0.25, -0.2) is 0 Å². The van der Waals surface area contributed by atoms with E-state index in [1.165, 1.54) is 19.3 Å². The quantitative estimate of drug-likeness (QED) is 0.0984. The standard InChI is InChI=1S/C8H18O2.2C7H16O.C7H16.2C6H14O/c1-4-10-6-8(9)5-7(2)3;2*1-4-7(8)5-6(2)3;1-4-5-6-7(2)3;2*1-5(2)4-6(3)7/h7-9H,4-6H2,1-3H3;2*6-8H,4-5H2,1-3H3;7H,4-6H2,1-3H3;2*5-7H,4H2,1-3H3/t;2*7-;;2*6-/m.10.10/s1. The van der Waals surface area contributed by atoms with Gasteiger partial charge in [-0.3, -0.25) is 0 Å². The van der Waals surface area contributed by atoms with Crippen molar-refractivity contribution < 1.29 is 30.3 Å². The van der Waals surface area contributed by atoms with Crippen molar-refractivity contribution in [3.05, 3.63) is 0 Å². The minimum atomic E-state index is -0.278. The van der Waals surface area contributed by atoms with Crippen LogP contribution in [0, 0.1) is 35.5 Å². The third-order valence-corrected chi connectivity index (χ3v) is 6.45. The fraction of sp³-hybridized carbons (Fsp3) is 1.00. The molecule has 6 heteroatoms. The lowest BCUT2D eigenvalue weighted by atomic mass is 10.0. The summed E-state index contributed by atoms with van der Waals surface area (Å²) in [4.78, 5) is 0. The van der Waals surface area contributed by atoms with Gasteiger partial charge in [0.05, 0.1) is 37.1 Å². The van der Waals surface area contributed by atoms with Crippen molar-refractivity contribution in [1.82, 2.24) is 0 Å². The zero-order valence-electron chi connectivity index (χ0n) is 35.5. The van der Waals surface area contributed by atoms with Crippen LogP contribution in [0.4, 0.5) is 0 Å². The van der Waals surface area contributed by atoms with Crippen molar-refractivity contribution in [1.29, 1.82) is 0 Å². The number of unbranched alkanes of at least 4 members (excludes halogenated alkanes) is 1. The minimum absolute atomic E-state index is 0.0741. The van der Waals surface area contributed by atoms with Crippen molar-refractivity contribution in [2.45, 2.75) is 219 Å². The molecule has 0 bridgehead atoms. The molecule has 0 aliphatic carbocycles. The van der Waals surface area contributed by atoms with E-state index in [4.69, 9.17) is 25.2 Å². The Bertz CT molecular complexity index is 476. The van der Waals surface area contributed by atoms with E-state index in [0.717, 1.165) is 50.9 Å². The lowest BCUT2D eigenvalue weighted by molar-refractivity contribution is 0.0317. The highest BCUT2D eigenvalue weighted by atomic mass is 16.5. The van der Waals surface area contributed by atoms with Crippen molar-refractivity contribution in [3.8, 4) is 0 Å². The Hall–Kier alpha value is -0.240. The molecule has 0 saturated heterocycles. The van der Waals surface area contributed by atoms with Gasteiger partial charge in [-0.05, 0) is 101 Å². The van der Waals surface area contributed by atoms with E-state index in [1.54, 1.807) is 0 Å². The van der Waals surface area contributed by atoms with Gasteiger partial charge in [0, 0.05) is 6.61 Å². The van der Waals surface area contributed by atoms with Crippen LogP contribution in [0.15, 0.2) is 0 Å². The molecule has 0 fully saturated rings. The SMILES string of the molecule is CC(C)C[C@@H](C)O.CC(C)C[C@H](C)O.CCCCC(C)C.CCOCC(O)CC(C)C.CC[C@@H](O)CC(C)C.CC[C@H](O)CC(C)C. The highest BCUT2D eigenvalue weighted by Crippen LogP contribution is 2.07. The fourth-order valence-corrected chi connectivity index (χ4v) is 4.26. The number of ether oxygens (including phenoxy) is 1. The second-order valence-electron chi connectivity index (χ2n) is 15.8. The minimum Gasteiger partial charge on any atom is -0.393 e. The Labute approximate surface area is 297 Å². The number of aliphatic hydroxyl groups is 5. The highest BCUT2D eigenvalue weighted by Gasteiger charge is 2.05. The monoisotopic (exact) mass is 683 g/mol. The van der Waals surface area contributed by atoms with Gasteiger partial charge in [-0.2, -0.15) is 0 Å². The summed E-state index contributed by atoms with van der Waals surface area (Å²) in [5, 5.41) is 44.7. The van der Waals surface area contributed by atoms with Gasteiger partial charge < -0.3 is 30.3 Å². The summed E-state index contributed by atoms with van der Waals surface area (Å²) in [7, 11) is 0. The predicted molar refractivity (Wildman–Crippen MR) is 210 cm³/mol. The van der Waals surface area contributed by atoms with Crippen LogP contribution >= 0.6 is 0 Å². The molecule has 1 unspecified atom stereocenters. The first-order valence-electron chi connectivity index (χ1n) is 19.5. The van der Waals surface area contributed by atoms with E-state index < -0.39 is 0 Å². The van der Waals surface area contributed by atoms with Gasteiger partial charge in [0.25, 0.3) is 0 Å². The van der Waals surface area contributed by atoms with Crippen molar-refractivity contribution in [2.24, 2.45) is 35.5 Å². The molecule has 0 aliphatic rings. The maximum absolute atomic E-state index is 9.23. The Morgan fingerprint density at radius 3 is 0.830 bits per heavy atom. The molecule has 47 heavy (non-hydrogen) atoms. The lowest BCUT2D eigenvalue weighted by Gasteiger charge is -2.11. The Morgan fingerprint density at radius 1 is 0.404 bits per heavy atom. The molecular formula is C41H94O6. The van der Waals surface area contributed by atoms with Gasteiger partial charge in [0.1, 0.15) is 0 Å². The van der Waals surface area contributed by atoms with Gasteiger partial charge in [-0.1, -0.05) is 123 Å². The molecule has 0 heterocycles. The number of aliphatic hydroxyl groups excluding tert-OH is 5. The number of rotatable bonds is 18. The maximum atomic E-state index is 9.23. The Morgan fingerprint density at radius 2 is 0.702 bits per heavy atom. The first-order chi connectivity index (χ1) is 21.5. The maximum Gasteiger partial charge on any atom is 0.0776 e. The van der Waals surface area contributed by atoms with Crippen molar-refractivity contribution in [3.63, 3.8) is 0 Å². The third-order valence-electron chi connectivity index (χ3n) is 6.45. The molecule has 0 aromatic carbocycles. The van der Waals surface area contributed by atoms with Crippen molar-refractivity contribution >= 4 is 0 Å². The third kappa shape index (κ3) is 86.9.